The summed E-state index contributed by atoms with van der Waals surface area (Å²) in [4.78, 5) is 36.3. The summed E-state index contributed by atoms with van der Waals surface area (Å²) < 4.78 is 54.3. The van der Waals surface area contributed by atoms with Crippen molar-refractivity contribution in [3.05, 3.63) is 99.3 Å². The number of carbonyl (C=O) groups is 1. The number of epoxide rings is 1. The van der Waals surface area contributed by atoms with Crippen molar-refractivity contribution in [1.82, 2.24) is 19.4 Å². The number of alkyl halides is 2. The second kappa shape index (κ2) is 10.8. The van der Waals surface area contributed by atoms with Crippen LogP contribution in [0.4, 0.5) is 23.8 Å². The fraction of sp³-hybridized carbons (Fsp3) is 0.333. The average molecular weight is 580 g/mol. The number of rotatable bonds is 7. The van der Waals surface area contributed by atoms with E-state index in [1.165, 1.54) is 23.0 Å². The van der Waals surface area contributed by atoms with E-state index in [1.807, 2.05) is 30.3 Å². The Morgan fingerprint density at radius 3 is 2.67 bits per heavy atom. The molecule has 2 aliphatic heterocycles. The highest BCUT2D eigenvalue weighted by Gasteiger charge is 2.62. The van der Waals surface area contributed by atoms with Gasteiger partial charge in [0.15, 0.2) is 0 Å². The van der Waals surface area contributed by atoms with Gasteiger partial charge in [0.05, 0.1) is 29.1 Å². The van der Waals surface area contributed by atoms with E-state index >= 15 is 0 Å². The van der Waals surface area contributed by atoms with Crippen LogP contribution in [-0.4, -0.2) is 44.7 Å². The number of halogens is 3. The first-order chi connectivity index (χ1) is 20.2. The third-order valence-electron chi connectivity index (χ3n) is 7.99. The molecule has 4 heterocycles. The van der Waals surface area contributed by atoms with Crippen LogP contribution in [0.1, 0.15) is 48.1 Å². The smallest absolute Gasteiger partial charge is 0.410 e. The zero-order chi connectivity index (χ0) is 29.6. The Kier molecular flexibility index (Phi) is 7.09. The molecule has 2 aromatic heterocycles. The Bertz CT molecular complexity index is 1720. The first-order valence-corrected chi connectivity index (χ1v) is 13.5. The zero-order valence-corrected chi connectivity index (χ0v) is 22.9. The van der Waals surface area contributed by atoms with Gasteiger partial charge in [-0.05, 0) is 18.6 Å². The third-order valence-corrected chi connectivity index (χ3v) is 7.99. The largest absolute Gasteiger partial charge is 0.445 e. The maximum Gasteiger partial charge on any atom is 0.410 e. The van der Waals surface area contributed by atoms with Gasteiger partial charge in [-0.1, -0.05) is 48.5 Å². The molecule has 0 spiro atoms. The number of anilines is 1. The number of aromatic nitrogens is 3. The molecule has 218 valence electrons. The van der Waals surface area contributed by atoms with Gasteiger partial charge in [0.25, 0.3) is 12.0 Å². The molecule has 4 aromatic rings. The lowest BCUT2D eigenvalue weighted by molar-refractivity contribution is 0.0895. The van der Waals surface area contributed by atoms with Gasteiger partial charge < -0.3 is 19.7 Å². The summed E-state index contributed by atoms with van der Waals surface area (Å²) in [6, 6.07) is 14.2. The first kappa shape index (κ1) is 27.7. The molecular weight excluding hydrogens is 551 g/mol. The monoisotopic (exact) mass is 579 g/mol. The molecule has 1 amide bonds. The SMILES string of the molecule is CC(Nc1ncnc2c1cc(C13CCN(C(=O)OCc4ccccc4)CC1O3)c(=O)n2C)c1cccc(C(F)F)c1F. The van der Waals surface area contributed by atoms with E-state index in [-0.39, 0.29) is 24.3 Å². The van der Waals surface area contributed by atoms with Gasteiger partial charge in [-0.25, -0.2) is 27.9 Å². The van der Waals surface area contributed by atoms with Gasteiger partial charge >= 0.3 is 6.09 Å². The van der Waals surface area contributed by atoms with Crippen molar-refractivity contribution in [2.75, 3.05) is 18.4 Å². The number of amides is 1. The highest BCUT2D eigenvalue weighted by molar-refractivity contribution is 5.87. The topological polar surface area (TPSA) is 102 Å². The molecule has 0 bridgehead atoms. The highest BCUT2D eigenvalue weighted by Crippen LogP contribution is 2.51. The fourth-order valence-corrected chi connectivity index (χ4v) is 5.61. The average Bonchev–Trinajstić information content (AvgIpc) is 3.73. The Hall–Kier alpha value is -4.45. The van der Waals surface area contributed by atoms with E-state index in [4.69, 9.17) is 9.47 Å². The van der Waals surface area contributed by atoms with Gasteiger partial charge in [-0.2, -0.15) is 0 Å². The molecule has 3 atom stereocenters. The normalized spacial score (nSPS) is 20.3. The van der Waals surface area contributed by atoms with Crippen LogP contribution >= 0.6 is 0 Å². The van der Waals surface area contributed by atoms with Crippen molar-refractivity contribution in [1.29, 1.82) is 0 Å². The van der Waals surface area contributed by atoms with Crippen molar-refractivity contribution in [3.8, 4) is 0 Å². The standard InChI is InChI=1S/C30H28F3N5O4/c1-17(19-9-6-10-20(24(19)31)25(32)33)36-26-21-13-22(28(39)37(2)27(21)35-16-34-26)30-11-12-38(14-23(30)42-30)29(40)41-15-18-7-4-3-5-8-18/h3-10,13,16-17,23,25H,11-12,14-15H2,1-2H3,(H,34,35,36). The molecule has 0 saturated carbocycles. The highest BCUT2D eigenvalue weighted by atomic mass is 19.3. The maximum absolute atomic E-state index is 14.8. The number of carbonyl (C=O) groups excluding carboxylic acids is 1. The van der Waals surface area contributed by atoms with Crippen molar-refractivity contribution in [3.63, 3.8) is 0 Å². The van der Waals surface area contributed by atoms with Gasteiger partial charge in [0.2, 0.25) is 0 Å². The van der Waals surface area contributed by atoms with Gasteiger partial charge in [0, 0.05) is 25.6 Å². The zero-order valence-electron chi connectivity index (χ0n) is 22.9. The van der Waals surface area contributed by atoms with E-state index in [2.05, 4.69) is 15.3 Å². The number of ether oxygens (including phenoxy) is 2. The number of aryl methyl sites for hydroxylation is 1. The lowest BCUT2D eigenvalue weighted by atomic mass is 9.89. The second-order valence-electron chi connectivity index (χ2n) is 10.5. The Morgan fingerprint density at radius 1 is 1.17 bits per heavy atom. The number of hydrogen-bond acceptors (Lipinski definition) is 7. The molecule has 2 fully saturated rings. The number of benzene rings is 2. The molecule has 12 heteroatoms. The van der Waals surface area contributed by atoms with Gasteiger partial charge in [0.1, 0.15) is 41.9 Å². The molecule has 42 heavy (non-hydrogen) atoms. The summed E-state index contributed by atoms with van der Waals surface area (Å²) >= 11 is 0. The minimum atomic E-state index is -2.95. The van der Waals surface area contributed by atoms with E-state index in [0.29, 0.717) is 35.4 Å². The lowest BCUT2D eigenvalue weighted by Gasteiger charge is -2.28. The first-order valence-electron chi connectivity index (χ1n) is 13.5. The van der Waals surface area contributed by atoms with Crippen LogP contribution in [0.5, 0.6) is 0 Å². The Morgan fingerprint density at radius 2 is 1.93 bits per heavy atom. The molecule has 6 rings (SSSR count). The maximum atomic E-state index is 14.8. The molecule has 2 saturated heterocycles. The molecule has 0 aliphatic carbocycles. The van der Waals surface area contributed by atoms with E-state index < -0.39 is 41.6 Å². The number of nitrogens with zero attached hydrogens (tertiary/aromatic N) is 4. The van der Waals surface area contributed by atoms with E-state index in [9.17, 15) is 22.8 Å². The van der Waals surface area contributed by atoms with Crippen LogP contribution in [-0.2, 0) is 28.7 Å². The Balaban J connectivity index is 1.24. The predicted octanol–water partition coefficient (Wildman–Crippen LogP) is 5.21. The van der Waals surface area contributed by atoms with E-state index in [1.54, 1.807) is 24.9 Å². The fourth-order valence-electron chi connectivity index (χ4n) is 5.61. The molecule has 0 radical (unpaired) electrons. The third kappa shape index (κ3) is 4.85. The van der Waals surface area contributed by atoms with Crippen LogP contribution in [0.3, 0.4) is 0 Å². The van der Waals surface area contributed by atoms with Crippen molar-refractivity contribution in [2.45, 2.75) is 44.1 Å². The quantitative estimate of drug-likeness (QED) is 0.300. The summed E-state index contributed by atoms with van der Waals surface area (Å²) in [5.41, 5.74) is -0.175. The van der Waals surface area contributed by atoms with Crippen LogP contribution < -0.4 is 10.9 Å². The number of piperidine rings is 1. The number of likely N-dealkylation sites (tertiary alicyclic amines) is 1. The number of hydrogen-bond donors (Lipinski definition) is 1. The molecule has 2 aliphatic rings. The lowest BCUT2D eigenvalue weighted by Crippen LogP contribution is -2.44. The van der Waals surface area contributed by atoms with Crippen molar-refractivity contribution >= 4 is 22.9 Å². The molecule has 2 aromatic carbocycles. The minimum absolute atomic E-state index is 0.0558. The molecule has 9 nitrogen and oxygen atoms in total. The number of nitrogens with one attached hydrogen (secondary N) is 1. The van der Waals surface area contributed by atoms with Crippen LogP contribution in [0.25, 0.3) is 11.0 Å². The van der Waals surface area contributed by atoms with Gasteiger partial charge in [-0.15, -0.1) is 0 Å². The van der Waals surface area contributed by atoms with Gasteiger partial charge in [-0.3, -0.25) is 9.36 Å². The Labute approximate surface area is 238 Å². The van der Waals surface area contributed by atoms with Crippen LogP contribution in [0, 0.1) is 5.82 Å². The summed E-state index contributed by atoms with van der Waals surface area (Å²) in [6.45, 7) is 2.39. The van der Waals surface area contributed by atoms with Crippen molar-refractivity contribution in [2.24, 2.45) is 7.05 Å². The predicted molar refractivity (Wildman–Crippen MR) is 148 cm³/mol. The summed E-state index contributed by atoms with van der Waals surface area (Å²) in [5, 5.41) is 3.59. The number of fused-ring (bicyclic) bond motifs is 2. The summed E-state index contributed by atoms with van der Waals surface area (Å²) in [7, 11) is 1.59. The van der Waals surface area contributed by atoms with Crippen LogP contribution in [0.2, 0.25) is 0 Å². The summed E-state index contributed by atoms with van der Waals surface area (Å²) in [6.07, 6.45) is -2.14. The van der Waals surface area contributed by atoms with Crippen molar-refractivity contribution < 1.29 is 27.4 Å². The molecular formula is C30H28F3N5O4. The minimum Gasteiger partial charge on any atom is -0.445 e. The van der Waals surface area contributed by atoms with E-state index in [0.717, 1.165) is 11.6 Å². The molecule has 3 unspecified atom stereocenters. The second-order valence-corrected chi connectivity index (χ2v) is 10.5. The molecule has 1 N–H and O–H groups in total. The van der Waals surface area contributed by atoms with Crippen LogP contribution in [0.15, 0.2) is 65.7 Å². The number of pyridine rings is 1. The summed E-state index contributed by atoms with van der Waals surface area (Å²) in [5.74, 6) is -0.678.